The number of halogens is 3. The molecule has 10 heteroatoms. The first-order chi connectivity index (χ1) is 16.8. The molecule has 7 nitrogen and oxygen atoms in total. The van der Waals surface area contributed by atoms with E-state index < -0.39 is 11.9 Å². The van der Waals surface area contributed by atoms with Crippen molar-refractivity contribution in [3.05, 3.63) is 66.0 Å². The Hall–Kier alpha value is -3.69. The molecular weight excluding hydrogens is 457 g/mol. The SMILES string of the molecule is CCn1cc(C(F)(F)F)nc1-c1ccc([C@H](C)n2ccc(-c3c(OC)ncnc3C3CC3)n2)cc1. The van der Waals surface area contributed by atoms with Crippen LogP contribution >= 0.6 is 0 Å². The second kappa shape index (κ2) is 8.83. The lowest BCUT2D eigenvalue weighted by atomic mass is 10.1. The molecule has 1 aromatic carbocycles. The molecule has 1 saturated carbocycles. The van der Waals surface area contributed by atoms with Crippen molar-refractivity contribution < 1.29 is 17.9 Å². The molecule has 3 heterocycles. The molecule has 0 radical (unpaired) electrons. The highest BCUT2D eigenvalue weighted by Crippen LogP contribution is 2.45. The summed E-state index contributed by atoms with van der Waals surface area (Å²) in [6.07, 6.45) is 2.19. The molecule has 0 N–H and O–H groups in total. The maximum absolute atomic E-state index is 13.1. The number of nitrogens with zero attached hydrogens (tertiary/aromatic N) is 6. The lowest BCUT2D eigenvalue weighted by Gasteiger charge is -2.14. The normalized spacial score (nSPS) is 14.8. The van der Waals surface area contributed by atoms with Gasteiger partial charge in [-0.2, -0.15) is 18.3 Å². The number of hydrogen-bond donors (Lipinski definition) is 0. The van der Waals surface area contributed by atoms with E-state index in [-0.39, 0.29) is 6.04 Å². The van der Waals surface area contributed by atoms with Crippen LogP contribution < -0.4 is 4.74 Å². The monoisotopic (exact) mass is 482 g/mol. The van der Waals surface area contributed by atoms with Crippen molar-refractivity contribution in [3.8, 4) is 28.5 Å². The van der Waals surface area contributed by atoms with Crippen molar-refractivity contribution in [3.63, 3.8) is 0 Å². The number of rotatable bonds is 7. The fourth-order valence-corrected chi connectivity index (χ4v) is 4.22. The van der Waals surface area contributed by atoms with E-state index >= 15 is 0 Å². The minimum atomic E-state index is -4.48. The fraction of sp³-hybridized carbons (Fsp3) is 0.360. The topological polar surface area (TPSA) is 70.7 Å². The van der Waals surface area contributed by atoms with Crippen LogP contribution in [0.3, 0.4) is 0 Å². The van der Waals surface area contributed by atoms with Gasteiger partial charge >= 0.3 is 6.18 Å². The third-order valence-corrected chi connectivity index (χ3v) is 6.32. The number of imidazole rings is 1. The Morgan fingerprint density at radius 1 is 1.11 bits per heavy atom. The maximum atomic E-state index is 13.1. The molecule has 0 unspecified atom stereocenters. The smallest absolute Gasteiger partial charge is 0.434 e. The molecule has 3 aromatic heterocycles. The van der Waals surface area contributed by atoms with Gasteiger partial charge < -0.3 is 9.30 Å². The number of methoxy groups -OCH3 is 1. The Bertz CT molecular complexity index is 1340. The largest absolute Gasteiger partial charge is 0.480 e. The summed E-state index contributed by atoms with van der Waals surface area (Å²) in [4.78, 5) is 12.6. The van der Waals surface area contributed by atoms with Crippen molar-refractivity contribution in [2.75, 3.05) is 7.11 Å². The number of aryl methyl sites for hydroxylation is 1. The van der Waals surface area contributed by atoms with Crippen molar-refractivity contribution in [1.82, 2.24) is 29.3 Å². The van der Waals surface area contributed by atoms with Gasteiger partial charge in [0, 0.05) is 30.4 Å². The lowest BCUT2D eigenvalue weighted by Crippen LogP contribution is -2.08. The third-order valence-electron chi connectivity index (χ3n) is 6.32. The number of aromatic nitrogens is 6. The van der Waals surface area contributed by atoms with Gasteiger partial charge in [0.2, 0.25) is 5.88 Å². The first-order valence-corrected chi connectivity index (χ1v) is 11.5. The van der Waals surface area contributed by atoms with Crippen molar-refractivity contribution in [2.45, 2.75) is 51.4 Å². The van der Waals surface area contributed by atoms with E-state index in [9.17, 15) is 13.2 Å². The van der Waals surface area contributed by atoms with Crippen LogP contribution in [0.4, 0.5) is 13.2 Å². The highest BCUT2D eigenvalue weighted by molar-refractivity contribution is 5.68. The van der Waals surface area contributed by atoms with Crippen molar-refractivity contribution >= 4 is 0 Å². The van der Waals surface area contributed by atoms with Gasteiger partial charge in [0.25, 0.3) is 0 Å². The van der Waals surface area contributed by atoms with Gasteiger partial charge in [-0.25, -0.2) is 15.0 Å². The Labute approximate surface area is 200 Å². The zero-order valence-electron chi connectivity index (χ0n) is 19.6. The zero-order chi connectivity index (χ0) is 24.7. The summed E-state index contributed by atoms with van der Waals surface area (Å²) in [5, 5.41) is 4.79. The predicted molar refractivity (Wildman–Crippen MR) is 124 cm³/mol. The van der Waals surface area contributed by atoms with E-state index in [0.29, 0.717) is 29.7 Å². The van der Waals surface area contributed by atoms with E-state index in [1.807, 2.05) is 36.0 Å². The molecule has 0 amide bonds. The number of alkyl halides is 3. The summed E-state index contributed by atoms with van der Waals surface area (Å²) in [5.74, 6) is 1.21. The molecule has 1 aliphatic carbocycles. The summed E-state index contributed by atoms with van der Waals surface area (Å²) in [5.41, 5.74) is 3.24. The van der Waals surface area contributed by atoms with Crippen LogP contribution in [0.25, 0.3) is 22.6 Å². The first-order valence-electron chi connectivity index (χ1n) is 11.5. The molecule has 0 spiro atoms. The van der Waals surface area contributed by atoms with Crippen LogP contribution in [-0.4, -0.2) is 36.4 Å². The summed E-state index contributed by atoms with van der Waals surface area (Å²) in [6, 6.07) is 9.20. The van der Waals surface area contributed by atoms with Crippen LogP contribution in [-0.2, 0) is 12.7 Å². The van der Waals surface area contributed by atoms with Gasteiger partial charge in [-0.05, 0) is 38.3 Å². The van der Waals surface area contributed by atoms with Gasteiger partial charge in [-0.3, -0.25) is 4.68 Å². The van der Waals surface area contributed by atoms with Gasteiger partial charge in [0.15, 0.2) is 5.69 Å². The number of hydrogen-bond acceptors (Lipinski definition) is 5. The minimum absolute atomic E-state index is 0.102. The van der Waals surface area contributed by atoms with Crippen molar-refractivity contribution in [2.24, 2.45) is 0 Å². The van der Waals surface area contributed by atoms with E-state index in [2.05, 4.69) is 15.0 Å². The van der Waals surface area contributed by atoms with Crippen LogP contribution in [0, 0.1) is 0 Å². The molecule has 0 bridgehead atoms. The summed E-state index contributed by atoms with van der Waals surface area (Å²) in [6.45, 7) is 4.20. The molecule has 0 aliphatic heterocycles. The van der Waals surface area contributed by atoms with Crippen molar-refractivity contribution in [1.29, 1.82) is 0 Å². The van der Waals surface area contributed by atoms with E-state index in [1.54, 1.807) is 26.2 Å². The standard InChI is InChI=1S/C25H25F3N6O/c1-4-33-13-20(25(26,27)28)31-23(33)18-9-5-16(6-10-18)15(2)34-12-11-19(32-34)21-22(17-7-8-17)29-14-30-24(21)35-3/h5-6,9-15,17H,4,7-8H2,1-3H3/t15-/m0/s1. The third kappa shape index (κ3) is 4.40. The number of ether oxygens (including phenoxy) is 1. The van der Waals surface area contributed by atoms with Gasteiger partial charge in [0.1, 0.15) is 12.2 Å². The average molecular weight is 483 g/mol. The zero-order valence-corrected chi connectivity index (χ0v) is 19.6. The van der Waals surface area contributed by atoms with Crippen LogP contribution in [0.15, 0.2) is 49.1 Å². The van der Waals surface area contributed by atoms with Gasteiger partial charge in [0.05, 0.1) is 30.1 Å². The Morgan fingerprint density at radius 3 is 2.49 bits per heavy atom. The lowest BCUT2D eigenvalue weighted by molar-refractivity contribution is -0.140. The molecule has 35 heavy (non-hydrogen) atoms. The van der Waals surface area contributed by atoms with E-state index in [1.165, 1.54) is 10.9 Å². The van der Waals surface area contributed by atoms with Gasteiger partial charge in [-0.1, -0.05) is 24.3 Å². The Balaban J connectivity index is 1.42. The average Bonchev–Trinajstić information content (AvgIpc) is 3.41. The molecule has 1 atom stereocenters. The number of benzene rings is 1. The molecular formula is C25H25F3N6O. The Morgan fingerprint density at radius 2 is 1.86 bits per heavy atom. The van der Waals surface area contributed by atoms with E-state index in [4.69, 9.17) is 9.84 Å². The molecule has 1 aliphatic rings. The molecule has 5 rings (SSSR count). The molecule has 4 aromatic rings. The van der Waals surface area contributed by atoms with Crippen LogP contribution in [0.5, 0.6) is 5.88 Å². The summed E-state index contributed by atoms with van der Waals surface area (Å²) < 4.78 is 48.3. The highest BCUT2D eigenvalue weighted by Gasteiger charge is 2.35. The predicted octanol–water partition coefficient (Wildman–Crippen LogP) is 5.74. The Kier molecular flexibility index (Phi) is 5.82. The molecule has 0 saturated heterocycles. The first kappa shape index (κ1) is 23.1. The maximum Gasteiger partial charge on any atom is 0.434 e. The minimum Gasteiger partial charge on any atom is -0.480 e. The highest BCUT2D eigenvalue weighted by atomic mass is 19.4. The van der Waals surface area contributed by atoms with Crippen LogP contribution in [0.2, 0.25) is 0 Å². The van der Waals surface area contributed by atoms with E-state index in [0.717, 1.165) is 41.6 Å². The fourth-order valence-electron chi connectivity index (χ4n) is 4.22. The van der Waals surface area contributed by atoms with Crippen LogP contribution in [0.1, 0.15) is 55.6 Å². The molecule has 1 fully saturated rings. The summed E-state index contributed by atoms with van der Waals surface area (Å²) >= 11 is 0. The quantitative estimate of drug-likeness (QED) is 0.336. The second-order valence-electron chi connectivity index (χ2n) is 8.63. The van der Waals surface area contributed by atoms with Gasteiger partial charge in [-0.15, -0.1) is 0 Å². The second-order valence-corrected chi connectivity index (χ2v) is 8.63. The molecule has 182 valence electrons. The summed E-state index contributed by atoms with van der Waals surface area (Å²) in [7, 11) is 1.59.